The van der Waals surface area contributed by atoms with Crippen LogP contribution in [0.4, 0.5) is 0 Å². The van der Waals surface area contributed by atoms with Crippen LogP contribution in [0.25, 0.3) is 0 Å². The molecule has 28 heavy (non-hydrogen) atoms. The Morgan fingerprint density at radius 1 is 0.857 bits per heavy atom. The summed E-state index contributed by atoms with van der Waals surface area (Å²) in [6.07, 6.45) is 0. The van der Waals surface area contributed by atoms with Crippen LogP contribution in [0, 0.1) is 0 Å². The average Bonchev–Trinajstić information content (AvgIpc) is 2.58. The molecule has 2 rings (SSSR count). The highest BCUT2D eigenvalue weighted by Gasteiger charge is 2.28. The summed E-state index contributed by atoms with van der Waals surface area (Å²) in [6.45, 7) is 11.9. The summed E-state index contributed by atoms with van der Waals surface area (Å²) in [6, 6.07) is 9.55. The first-order valence-electron chi connectivity index (χ1n) is 9.18. The van der Waals surface area contributed by atoms with Crippen LogP contribution < -0.4 is 0 Å². The number of aromatic carboxylic acids is 1. The van der Waals surface area contributed by atoms with Gasteiger partial charge in [0.2, 0.25) is 0 Å². The van der Waals surface area contributed by atoms with Crippen molar-refractivity contribution >= 4 is 11.9 Å². The summed E-state index contributed by atoms with van der Waals surface area (Å²) in [4.78, 5) is 23.6. The molecule has 0 heterocycles. The van der Waals surface area contributed by atoms with E-state index in [0.717, 1.165) is 0 Å². The van der Waals surface area contributed by atoms with Crippen LogP contribution in [-0.4, -0.2) is 22.2 Å². The van der Waals surface area contributed by atoms with Crippen LogP contribution in [0.15, 0.2) is 36.4 Å². The molecule has 0 bridgehead atoms. The first-order chi connectivity index (χ1) is 12.8. The third-order valence-electron chi connectivity index (χ3n) is 4.53. The number of hydrogen-bond donors (Lipinski definition) is 2. The molecule has 0 aliphatic carbocycles. The molecule has 0 aliphatic heterocycles. The highest BCUT2D eigenvalue weighted by molar-refractivity contribution is 5.90. The number of phenols is 1. The van der Waals surface area contributed by atoms with Gasteiger partial charge in [-0.1, -0.05) is 53.7 Å². The molecule has 0 unspecified atom stereocenters. The van der Waals surface area contributed by atoms with Gasteiger partial charge in [0.25, 0.3) is 0 Å². The standard InChI is InChI=1S/C23H28O5/c1-22(2,3)17-11-16(12-18(19(17)24)23(4,5)6)21(27)28-13-14-7-9-15(10-8-14)20(25)26/h7-12,24H,13H2,1-6H3,(H,25,26). The Labute approximate surface area is 166 Å². The number of carbonyl (C=O) groups excluding carboxylic acids is 1. The lowest BCUT2D eigenvalue weighted by Gasteiger charge is -2.28. The summed E-state index contributed by atoms with van der Waals surface area (Å²) in [7, 11) is 0. The molecule has 2 N–H and O–H groups in total. The van der Waals surface area contributed by atoms with Crippen molar-refractivity contribution in [1.29, 1.82) is 0 Å². The smallest absolute Gasteiger partial charge is 0.338 e. The largest absolute Gasteiger partial charge is 0.507 e. The summed E-state index contributed by atoms with van der Waals surface area (Å²) >= 11 is 0. The van der Waals surface area contributed by atoms with Gasteiger partial charge in [0, 0.05) is 11.1 Å². The minimum Gasteiger partial charge on any atom is -0.507 e. The zero-order valence-corrected chi connectivity index (χ0v) is 17.3. The Morgan fingerprint density at radius 2 is 1.32 bits per heavy atom. The molecule has 5 nitrogen and oxygen atoms in total. The second-order valence-corrected chi connectivity index (χ2v) is 9.00. The molecule has 0 radical (unpaired) electrons. The summed E-state index contributed by atoms with van der Waals surface area (Å²) in [5.41, 5.74) is 1.97. The number of benzene rings is 2. The number of ether oxygens (including phenoxy) is 1. The zero-order chi connectivity index (χ0) is 21.3. The van der Waals surface area contributed by atoms with Crippen LogP contribution in [0.3, 0.4) is 0 Å². The fourth-order valence-corrected chi connectivity index (χ4v) is 2.87. The van der Waals surface area contributed by atoms with E-state index in [9.17, 15) is 14.7 Å². The lowest BCUT2D eigenvalue weighted by Crippen LogP contribution is -2.19. The van der Waals surface area contributed by atoms with Crippen molar-refractivity contribution in [3.63, 3.8) is 0 Å². The van der Waals surface area contributed by atoms with Gasteiger partial charge in [-0.2, -0.15) is 0 Å². The number of carbonyl (C=O) groups is 2. The number of esters is 1. The van der Waals surface area contributed by atoms with E-state index < -0.39 is 11.9 Å². The second-order valence-electron chi connectivity index (χ2n) is 9.00. The number of carboxylic acids is 1. The van der Waals surface area contributed by atoms with E-state index in [4.69, 9.17) is 9.84 Å². The predicted molar refractivity (Wildman–Crippen MR) is 108 cm³/mol. The molecule has 150 valence electrons. The van der Waals surface area contributed by atoms with Crippen molar-refractivity contribution in [2.45, 2.75) is 59.0 Å². The molecule has 0 aromatic heterocycles. The van der Waals surface area contributed by atoms with Crippen molar-refractivity contribution in [3.05, 3.63) is 64.2 Å². The van der Waals surface area contributed by atoms with Gasteiger partial charge in [-0.3, -0.25) is 0 Å². The van der Waals surface area contributed by atoms with Gasteiger partial charge in [0.1, 0.15) is 12.4 Å². The van der Waals surface area contributed by atoms with Gasteiger partial charge in [0.05, 0.1) is 11.1 Å². The highest BCUT2D eigenvalue weighted by Crippen LogP contribution is 2.39. The molecule has 2 aromatic rings. The molecule has 0 aliphatic rings. The molecule has 0 saturated carbocycles. The minimum atomic E-state index is -1.00. The maximum absolute atomic E-state index is 12.7. The van der Waals surface area contributed by atoms with Crippen LogP contribution in [-0.2, 0) is 22.2 Å². The van der Waals surface area contributed by atoms with E-state index in [1.165, 1.54) is 12.1 Å². The average molecular weight is 384 g/mol. The third-order valence-corrected chi connectivity index (χ3v) is 4.53. The summed E-state index contributed by atoms with van der Waals surface area (Å²) in [5.74, 6) is -1.28. The fraction of sp³-hybridized carbons (Fsp3) is 0.391. The second kappa shape index (κ2) is 7.66. The maximum atomic E-state index is 12.7. The van der Waals surface area contributed by atoms with E-state index in [-0.39, 0.29) is 28.7 Å². The Balaban J connectivity index is 2.30. The van der Waals surface area contributed by atoms with Gasteiger partial charge < -0.3 is 14.9 Å². The Kier molecular flexibility index (Phi) is 5.88. The first-order valence-corrected chi connectivity index (χ1v) is 9.18. The molecule has 0 saturated heterocycles. The third kappa shape index (κ3) is 4.91. The first kappa shape index (κ1) is 21.5. The number of hydrogen-bond acceptors (Lipinski definition) is 4. The topological polar surface area (TPSA) is 83.8 Å². The van der Waals surface area contributed by atoms with Crippen LogP contribution in [0.1, 0.15) is 78.9 Å². The molecule has 0 fully saturated rings. The number of rotatable bonds is 4. The maximum Gasteiger partial charge on any atom is 0.338 e. The van der Waals surface area contributed by atoms with Gasteiger partial charge in [-0.25, -0.2) is 9.59 Å². The molecule has 2 aromatic carbocycles. The SMILES string of the molecule is CC(C)(C)c1cc(C(=O)OCc2ccc(C(=O)O)cc2)cc(C(C)(C)C)c1O. The Morgan fingerprint density at radius 3 is 1.71 bits per heavy atom. The lowest BCUT2D eigenvalue weighted by atomic mass is 9.78. The molecule has 5 heteroatoms. The number of carboxylic acid groups (broad SMARTS) is 1. The summed E-state index contributed by atoms with van der Waals surface area (Å²) < 4.78 is 5.42. The van der Waals surface area contributed by atoms with E-state index in [0.29, 0.717) is 22.3 Å². The molecular formula is C23H28O5. The van der Waals surface area contributed by atoms with Gasteiger partial charge in [-0.05, 0) is 40.7 Å². The van der Waals surface area contributed by atoms with Crippen molar-refractivity contribution in [3.8, 4) is 5.75 Å². The Hall–Kier alpha value is -2.82. The predicted octanol–water partition coefficient (Wildman–Crippen LogP) is 5.04. The highest BCUT2D eigenvalue weighted by atomic mass is 16.5. The van der Waals surface area contributed by atoms with Crippen LogP contribution in [0.5, 0.6) is 5.75 Å². The lowest BCUT2D eigenvalue weighted by molar-refractivity contribution is 0.0471. The number of phenolic OH excluding ortho intramolecular Hbond substituents is 1. The van der Waals surface area contributed by atoms with Crippen LogP contribution in [0.2, 0.25) is 0 Å². The molecule has 0 amide bonds. The quantitative estimate of drug-likeness (QED) is 0.721. The van der Waals surface area contributed by atoms with Crippen molar-refractivity contribution in [2.75, 3.05) is 0 Å². The molecule has 0 spiro atoms. The van der Waals surface area contributed by atoms with E-state index in [1.807, 2.05) is 41.5 Å². The zero-order valence-electron chi connectivity index (χ0n) is 17.3. The normalized spacial score (nSPS) is 11.9. The monoisotopic (exact) mass is 384 g/mol. The molecular weight excluding hydrogens is 356 g/mol. The van der Waals surface area contributed by atoms with Gasteiger partial charge in [0.15, 0.2) is 0 Å². The number of aromatic hydroxyl groups is 1. The molecule has 0 atom stereocenters. The van der Waals surface area contributed by atoms with E-state index in [2.05, 4.69) is 0 Å². The fourth-order valence-electron chi connectivity index (χ4n) is 2.87. The van der Waals surface area contributed by atoms with Crippen molar-refractivity contribution in [1.82, 2.24) is 0 Å². The van der Waals surface area contributed by atoms with E-state index >= 15 is 0 Å². The summed E-state index contributed by atoms with van der Waals surface area (Å²) in [5, 5.41) is 19.7. The van der Waals surface area contributed by atoms with Crippen LogP contribution >= 0.6 is 0 Å². The van der Waals surface area contributed by atoms with E-state index in [1.54, 1.807) is 24.3 Å². The minimum absolute atomic E-state index is 0.0370. The Bertz CT molecular complexity index is 846. The van der Waals surface area contributed by atoms with Gasteiger partial charge >= 0.3 is 11.9 Å². The van der Waals surface area contributed by atoms with Gasteiger partial charge in [-0.15, -0.1) is 0 Å². The van der Waals surface area contributed by atoms with Crippen molar-refractivity contribution < 1.29 is 24.5 Å². The van der Waals surface area contributed by atoms with Crippen molar-refractivity contribution in [2.24, 2.45) is 0 Å².